The summed E-state index contributed by atoms with van der Waals surface area (Å²) >= 11 is 0. The molecular weight excluding hydrogens is 324 g/mol. The van der Waals surface area contributed by atoms with Gasteiger partial charge in [-0.25, -0.2) is 0 Å². The van der Waals surface area contributed by atoms with Crippen molar-refractivity contribution in [3.8, 4) is 11.4 Å². The van der Waals surface area contributed by atoms with Crippen LogP contribution in [0.5, 0.6) is 0 Å². The molecule has 7 nitrogen and oxygen atoms in total. The first-order valence-electron chi connectivity index (χ1n) is 7.15. The number of rotatable bonds is 7. The molecular formula is C15H15F2N3O4. The second-order valence-electron chi connectivity index (χ2n) is 4.95. The Hall–Kier alpha value is -2.84. The predicted octanol–water partition coefficient (Wildman–Crippen LogP) is 2.61. The molecule has 2 rings (SSSR count). The molecule has 128 valence electrons. The molecule has 2 aromatic rings. The van der Waals surface area contributed by atoms with E-state index >= 15 is 0 Å². The van der Waals surface area contributed by atoms with E-state index in [0.717, 1.165) is 0 Å². The van der Waals surface area contributed by atoms with Gasteiger partial charge in [0.1, 0.15) is 6.54 Å². The third kappa shape index (κ3) is 4.12. The molecule has 0 aliphatic carbocycles. The Bertz CT molecular complexity index is 716. The number of aromatic nitrogens is 2. The summed E-state index contributed by atoms with van der Waals surface area (Å²) in [6, 6.07) is 5.89. The minimum absolute atomic E-state index is 0.0137. The number of benzene rings is 1. The Balaban J connectivity index is 2.17. The molecule has 0 bridgehead atoms. The highest BCUT2D eigenvalue weighted by Crippen LogP contribution is 2.22. The third-order valence-electron chi connectivity index (χ3n) is 3.13. The molecule has 9 heteroatoms. The van der Waals surface area contributed by atoms with Gasteiger partial charge in [0.2, 0.25) is 5.82 Å². The standard InChI is InChI=1S/C15H15F2N3O4/c1-2-7-20(8-11(21)22)15(23)10-5-3-9(4-6-10)13-18-14(12(16)17)24-19-13/h3-6,12H,2,7-8H2,1H3,(H,21,22). The van der Waals surface area contributed by atoms with Crippen LogP contribution in [0.2, 0.25) is 0 Å². The number of carboxylic acid groups (broad SMARTS) is 1. The van der Waals surface area contributed by atoms with Gasteiger partial charge in [-0.3, -0.25) is 9.59 Å². The molecule has 0 unspecified atom stereocenters. The Morgan fingerprint density at radius 3 is 2.46 bits per heavy atom. The largest absolute Gasteiger partial charge is 0.480 e. The highest BCUT2D eigenvalue weighted by atomic mass is 19.3. The van der Waals surface area contributed by atoms with E-state index < -0.39 is 30.7 Å². The number of carboxylic acids is 1. The Kier molecular flexibility index (Phi) is 5.56. The average Bonchev–Trinajstić information content (AvgIpc) is 3.04. The fraction of sp³-hybridized carbons (Fsp3) is 0.333. The fourth-order valence-electron chi connectivity index (χ4n) is 2.07. The van der Waals surface area contributed by atoms with Crippen LogP contribution >= 0.6 is 0 Å². The van der Waals surface area contributed by atoms with Gasteiger partial charge in [-0.15, -0.1) is 0 Å². The smallest absolute Gasteiger partial charge is 0.323 e. The zero-order chi connectivity index (χ0) is 17.7. The van der Waals surface area contributed by atoms with Crippen LogP contribution in [-0.2, 0) is 4.79 Å². The minimum Gasteiger partial charge on any atom is -0.480 e. The summed E-state index contributed by atoms with van der Waals surface area (Å²) in [6.45, 7) is 1.76. The number of aliphatic carboxylic acids is 1. The van der Waals surface area contributed by atoms with Crippen LogP contribution in [0.1, 0.15) is 36.0 Å². The maximum atomic E-state index is 12.4. The summed E-state index contributed by atoms with van der Waals surface area (Å²) in [5, 5.41) is 12.3. The SMILES string of the molecule is CCCN(CC(=O)O)C(=O)c1ccc(-c2noc(C(F)F)n2)cc1. The van der Waals surface area contributed by atoms with Gasteiger partial charge in [0.25, 0.3) is 11.8 Å². The molecule has 0 atom stereocenters. The maximum absolute atomic E-state index is 12.4. The van der Waals surface area contributed by atoms with Crippen LogP contribution < -0.4 is 0 Å². The van der Waals surface area contributed by atoms with Crippen molar-refractivity contribution in [2.24, 2.45) is 0 Å². The number of hydrogen-bond donors (Lipinski definition) is 1. The van der Waals surface area contributed by atoms with Crippen LogP contribution in [0.15, 0.2) is 28.8 Å². The van der Waals surface area contributed by atoms with Crippen molar-refractivity contribution in [2.45, 2.75) is 19.8 Å². The van der Waals surface area contributed by atoms with Crippen LogP contribution in [-0.4, -0.2) is 45.1 Å². The molecule has 0 aliphatic heterocycles. The first-order chi connectivity index (χ1) is 11.4. The van der Waals surface area contributed by atoms with Gasteiger partial charge in [-0.05, 0) is 18.6 Å². The predicted molar refractivity (Wildman–Crippen MR) is 78.5 cm³/mol. The lowest BCUT2D eigenvalue weighted by Gasteiger charge is -2.19. The van der Waals surface area contributed by atoms with Crippen molar-refractivity contribution < 1.29 is 28.0 Å². The zero-order valence-electron chi connectivity index (χ0n) is 12.8. The Morgan fingerprint density at radius 1 is 1.29 bits per heavy atom. The highest BCUT2D eigenvalue weighted by Gasteiger charge is 2.19. The first-order valence-corrected chi connectivity index (χ1v) is 7.15. The summed E-state index contributed by atoms with van der Waals surface area (Å²) in [4.78, 5) is 27.9. The topological polar surface area (TPSA) is 96.5 Å². The number of amides is 1. The van der Waals surface area contributed by atoms with E-state index in [9.17, 15) is 18.4 Å². The van der Waals surface area contributed by atoms with E-state index in [-0.39, 0.29) is 11.4 Å². The van der Waals surface area contributed by atoms with Crippen LogP contribution in [0, 0.1) is 0 Å². The molecule has 0 radical (unpaired) electrons. The number of hydrogen-bond acceptors (Lipinski definition) is 5. The van der Waals surface area contributed by atoms with E-state index in [0.29, 0.717) is 18.5 Å². The number of carbonyl (C=O) groups excluding carboxylic acids is 1. The van der Waals surface area contributed by atoms with Crippen molar-refractivity contribution in [1.29, 1.82) is 0 Å². The molecule has 1 amide bonds. The van der Waals surface area contributed by atoms with Gasteiger partial charge in [0, 0.05) is 17.7 Å². The molecule has 0 saturated heterocycles. The first kappa shape index (κ1) is 17.5. The van der Waals surface area contributed by atoms with Crippen LogP contribution in [0.4, 0.5) is 8.78 Å². The van der Waals surface area contributed by atoms with Crippen molar-refractivity contribution >= 4 is 11.9 Å². The summed E-state index contributed by atoms with van der Waals surface area (Å²) in [5.41, 5.74) is 0.688. The van der Waals surface area contributed by atoms with Crippen LogP contribution in [0.25, 0.3) is 11.4 Å². The van der Waals surface area contributed by atoms with Gasteiger partial charge in [0.05, 0.1) is 0 Å². The summed E-state index contributed by atoms with van der Waals surface area (Å²) in [7, 11) is 0. The molecule has 0 fully saturated rings. The molecule has 0 saturated carbocycles. The van der Waals surface area contributed by atoms with Gasteiger partial charge in [0.15, 0.2) is 0 Å². The summed E-state index contributed by atoms with van der Waals surface area (Å²) < 4.78 is 29.3. The number of alkyl halides is 2. The van der Waals surface area contributed by atoms with Gasteiger partial charge >= 0.3 is 12.4 Å². The molecule has 0 aliphatic rings. The van der Waals surface area contributed by atoms with Gasteiger partial charge < -0.3 is 14.5 Å². The molecule has 1 aromatic carbocycles. The zero-order valence-corrected chi connectivity index (χ0v) is 12.8. The molecule has 1 heterocycles. The minimum atomic E-state index is -2.86. The van der Waals surface area contributed by atoms with Crippen molar-refractivity contribution in [2.75, 3.05) is 13.1 Å². The van der Waals surface area contributed by atoms with Gasteiger partial charge in [-0.1, -0.05) is 24.2 Å². The van der Waals surface area contributed by atoms with E-state index in [2.05, 4.69) is 14.7 Å². The normalized spacial score (nSPS) is 10.8. The Labute approximate surface area is 135 Å². The Morgan fingerprint density at radius 2 is 1.96 bits per heavy atom. The maximum Gasteiger partial charge on any atom is 0.323 e. The second-order valence-corrected chi connectivity index (χ2v) is 4.95. The number of nitrogens with zero attached hydrogens (tertiary/aromatic N) is 3. The van der Waals surface area contributed by atoms with E-state index in [1.54, 1.807) is 0 Å². The highest BCUT2D eigenvalue weighted by molar-refractivity contribution is 5.96. The molecule has 24 heavy (non-hydrogen) atoms. The molecule has 1 aromatic heterocycles. The van der Waals surface area contributed by atoms with Crippen molar-refractivity contribution in [3.63, 3.8) is 0 Å². The van der Waals surface area contributed by atoms with E-state index in [4.69, 9.17) is 5.11 Å². The summed E-state index contributed by atoms with van der Waals surface area (Å²) in [6.07, 6.45) is -2.23. The summed E-state index contributed by atoms with van der Waals surface area (Å²) in [5.74, 6) is -2.31. The van der Waals surface area contributed by atoms with Crippen LogP contribution in [0.3, 0.4) is 0 Å². The lowest BCUT2D eigenvalue weighted by Crippen LogP contribution is -2.36. The fourth-order valence-corrected chi connectivity index (χ4v) is 2.07. The van der Waals surface area contributed by atoms with Gasteiger partial charge in [-0.2, -0.15) is 13.8 Å². The lowest BCUT2D eigenvalue weighted by atomic mass is 10.1. The molecule has 1 N–H and O–H groups in total. The van der Waals surface area contributed by atoms with E-state index in [1.165, 1.54) is 29.2 Å². The van der Waals surface area contributed by atoms with Crippen molar-refractivity contribution in [1.82, 2.24) is 15.0 Å². The second kappa shape index (κ2) is 7.62. The number of carbonyl (C=O) groups is 2. The molecule has 0 spiro atoms. The lowest BCUT2D eigenvalue weighted by molar-refractivity contribution is -0.137. The van der Waals surface area contributed by atoms with Crippen molar-refractivity contribution in [3.05, 3.63) is 35.7 Å². The number of halogens is 2. The quantitative estimate of drug-likeness (QED) is 0.833. The third-order valence-corrected chi connectivity index (χ3v) is 3.13. The van der Waals surface area contributed by atoms with E-state index in [1.807, 2.05) is 6.92 Å². The monoisotopic (exact) mass is 339 g/mol. The average molecular weight is 339 g/mol.